The average Bonchev–Trinajstić information content (AvgIpc) is 2.18. The van der Waals surface area contributed by atoms with Crippen LogP contribution >= 0.6 is 0 Å². The van der Waals surface area contributed by atoms with Crippen LogP contribution in [0.2, 0.25) is 0 Å². The van der Waals surface area contributed by atoms with Gasteiger partial charge in [-0.3, -0.25) is 10.1 Å². The fourth-order valence-corrected chi connectivity index (χ4v) is 0.701. The number of anilines is 1. The van der Waals surface area contributed by atoms with Crippen LogP contribution in [0, 0.1) is 0 Å². The number of carbonyl (C=O) groups is 2. The SMILES string of the molecule is CC(NC(=O)Nc1nccnn1)C(=O)O. The van der Waals surface area contributed by atoms with E-state index in [4.69, 9.17) is 5.11 Å². The summed E-state index contributed by atoms with van der Waals surface area (Å²) in [7, 11) is 0. The molecule has 15 heavy (non-hydrogen) atoms. The molecular formula is C7H9N5O3. The second-order valence-electron chi connectivity index (χ2n) is 2.62. The number of carboxylic acids is 1. The molecule has 0 saturated heterocycles. The maximum Gasteiger partial charge on any atom is 0.325 e. The van der Waals surface area contributed by atoms with E-state index in [0.29, 0.717) is 0 Å². The fraction of sp³-hybridized carbons (Fsp3) is 0.286. The lowest BCUT2D eigenvalue weighted by atomic mass is 10.3. The monoisotopic (exact) mass is 211 g/mol. The molecule has 0 aliphatic rings. The molecular weight excluding hydrogens is 202 g/mol. The molecule has 0 aromatic carbocycles. The van der Waals surface area contributed by atoms with Gasteiger partial charge in [-0.05, 0) is 6.92 Å². The smallest absolute Gasteiger partial charge is 0.325 e. The number of hydrogen-bond donors (Lipinski definition) is 3. The van der Waals surface area contributed by atoms with Crippen molar-refractivity contribution in [2.45, 2.75) is 13.0 Å². The van der Waals surface area contributed by atoms with Gasteiger partial charge in [0.2, 0.25) is 0 Å². The van der Waals surface area contributed by atoms with Gasteiger partial charge in [0.05, 0.1) is 12.4 Å². The number of hydrogen-bond acceptors (Lipinski definition) is 5. The molecule has 0 radical (unpaired) electrons. The standard InChI is InChI=1S/C7H9N5O3/c1-4(5(13)14)10-7(15)11-6-8-2-3-9-12-6/h2-4H,1H3,(H,13,14)(H2,8,10,11,12,15). The highest BCUT2D eigenvalue weighted by Crippen LogP contribution is 1.91. The van der Waals surface area contributed by atoms with Gasteiger partial charge in [-0.1, -0.05) is 0 Å². The summed E-state index contributed by atoms with van der Waals surface area (Å²) in [5.74, 6) is -1.12. The van der Waals surface area contributed by atoms with Crippen LogP contribution in [0.4, 0.5) is 10.7 Å². The molecule has 8 heteroatoms. The first-order valence-corrected chi connectivity index (χ1v) is 4.03. The van der Waals surface area contributed by atoms with Crippen LogP contribution in [0.1, 0.15) is 6.92 Å². The van der Waals surface area contributed by atoms with Crippen molar-refractivity contribution in [1.82, 2.24) is 20.5 Å². The minimum atomic E-state index is -1.13. The lowest BCUT2D eigenvalue weighted by Gasteiger charge is -2.08. The van der Waals surface area contributed by atoms with Crippen molar-refractivity contribution in [3.63, 3.8) is 0 Å². The number of urea groups is 1. The third-order valence-corrected chi connectivity index (χ3v) is 1.43. The van der Waals surface area contributed by atoms with Crippen LogP contribution in [0.15, 0.2) is 12.4 Å². The number of nitrogens with zero attached hydrogens (tertiary/aromatic N) is 3. The molecule has 80 valence electrons. The summed E-state index contributed by atoms with van der Waals surface area (Å²) >= 11 is 0. The number of amides is 2. The van der Waals surface area contributed by atoms with Gasteiger partial charge >= 0.3 is 12.0 Å². The second-order valence-corrected chi connectivity index (χ2v) is 2.62. The normalized spacial score (nSPS) is 11.5. The molecule has 1 atom stereocenters. The average molecular weight is 211 g/mol. The summed E-state index contributed by atoms with van der Waals surface area (Å²) in [4.78, 5) is 25.2. The minimum Gasteiger partial charge on any atom is -0.480 e. The first-order valence-electron chi connectivity index (χ1n) is 4.03. The minimum absolute atomic E-state index is 0.00703. The maximum atomic E-state index is 11.1. The van der Waals surface area contributed by atoms with Gasteiger partial charge in [0.25, 0.3) is 5.95 Å². The van der Waals surface area contributed by atoms with Crippen LogP contribution in [0.3, 0.4) is 0 Å². The molecule has 1 unspecified atom stereocenters. The second kappa shape index (κ2) is 4.84. The Labute approximate surface area is 84.7 Å². The predicted octanol–water partition coefficient (Wildman–Crippen LogP) is -0.534. The first-order chi connectivity index (χ1) is 7.09. The van der Waals surface area contributed by atoms with Crippen molar-refractivity contribution < 1.29 is 14.7 Å². The zero-order valence-corrected chi connectivity index (χ0v) is 7.84. The molecule has 0 aliphatic heterocycles. The Kier molecular flexibility index (Phi) is 3.49. The quantitative estimate of drug-likeness (QED) is 0.618. The third-order valence-electron chi connectivity index (χ3n) is 1.43. The Bertz CT molecular complexity index is 355. The zero-order chi connectivity index (χ0) is 11.3. The Morgan fingerprint density at radius 1 is 1.47 bits per heavy atom. The van der Waals surface area contributed by atoms with Crippen molar-refractivity contribution in [2.24, 2.45) is 0 Å². The van der Waals surface area contributed by atoms with Crippen LogP contribution in [-0.4, -0.2) is 38.3 Å². The van der Waals surface area contributed by atoms with Gasteiger partial charge in [-0.25, -0.2) is 9.78 Å². The van der Waals surface area contributed by atoms with Crippen molar-refractivity contribution in [1.29, 1.82) is 0 Å². The van der Waals surface area contributed by atoms with Gasteiger partial charge in [0.15, 0.2) is 0 Å². The van der Waals surface area contributed by atoms with Gasteiger partial charge in [0.1, 0.15) is 6.04 Å². The van der Waals surface area contributed by atoms with Gasteiger partial charge < -0.3 is 10.4 Å². The summed E-state index contributed by atoms with van der Waals surface area (Å²) in [5.41, 5.74) is 0. The van der Waals surface area contributed by atoms with E-state index in [1.54, 1.807) is 0 Å². The van der Waals surface area contributed by atoms with Gasteiger partial charge in [-0.2, -0.15) is 5.10 Å². The number of aliphatic carboxylic acids is 1. The summed E-state index contributed by atoms with van der Waals surface area (Å²) < 4.78 is 0. The highest BCUT2D eigenvalue weighted by atomic mass is 16.4. The van der Waals surface area contributed by atoms with E-state index in [9.17, 15) is 9.59 Å². The van der Waals surface area contributed by atoms with Crippen molar-refractivity contribution in [2.75, 3.05) is 5.32 Å². The Morgan fingerprint density at radius 3 is 2.73 bits per heavy atom. The van der Waals surface area contributed by atoms with Crippen LogP contribution in [0.5, 0.6) is 0 Å². The van der Waals surface area contributed by atoms with Crippen LogP contribution in [-0.2, 0) is 4.79 Å². The summed E-state index contributed by atoms with van der Waals surface area (Å²) in [6.45, 7) is 1.34. The number of carboxylic acid groups (broad SMARTS) is 1. The molecule has 2 amide bonds. The fourth-order valence-electron chi connectivity index (χ4n) is 0.701. The zero-order valence-electron chi connectivity index (χ0n) is 7.84. The van der Waals surface area contributed by atoms with Gasteiger partial charge in [-0.15, -0.1) is 5.10 Å². The molecule has 0 bridgehead atoms. The largest absolute Gasteiger partial charge is 0.480 e. The molecule has 1 aromatic rings. The van der Waals surface area contributed by atoms with E-state index in [2.05, 4.69) is 25.8 Å². The highest BCUT2D eigenvalue weighted by molar-refractivity contribution is 5.90. The van der Waals surface area contributed by atoms with E-state index in [1.165, 1.54) is 19.3 Å². The maximum absolute atomic E-state index is 11.1. The van der Waals surface area contributed by atoms with Crippen molar-refractivity contribution >= 4 is 17.9 Å². The molecule has 1 heterocycles. The Hall–Kier alpha value is -2.25. The lowest BCUT2D eigenvalue weighted by Crippen LogP contribution is -2.41. The van der Waals surface area contributed by atoms with Crippen LogP contribution < -0.4 is 10.6 Å². The first kappa shape index (κ1) is 10.8. The van der Waals surface area contributed by atoms with E-state index in [0.717, 1.165) is 0 Å². The Morgan fingerprint density at radius 2 is 2.20 bits per heavy atom. The number of carbonyl (C=O) groups excluding carboxylic acids is 1. The number of nitrogens with one attached hydrogen (secondary N) is 2. The van der Waals surface area contributed by atoms with E-state index in [-0.39, 0.29) is 5.95 Å². The summed E-state index contributed by atoms with van der Waals surface area (Å²) in [6.07, 6.45) is 2.70. The van der Waals surface area contributed by atoms with Gasteiger partial charge in [0, 0.05) is 0 Å². The van der Waals surface area contributed by atoms with Crippen molar-refractivity contribution in [3.8, 4) is 0 Å². The molecule has 1 rings (SSSR count). The molecule has 0 saturated carbocycles. The molecule has 0 spiro atoms. The number of rotatable bonds is 3. The number of aromatic nitrogens is 3. The molecule has 8 nitrogen and oxygen atoms in total. The van der Waals surface area contributed by atoms with E-state index >= 15 is 0 Å². The van der Waals surface area contributed by atoms with E-state index in [1.807, 2.05) is 0 Å². The molecule has 0 aliphatic carbocycles. The predicted molar refractivity (Wildman–Crippen MR) is 49.1 cm³/mol. The Balaban J connectivity index is 2.47. The summed E-state index contributed by atoms with van der Waals surface area (Å²) in [6, 6.07) is -1.68. The summed E-state index contributed by atoms with van der Waals surface area (Å²) in [5, 5.41) is 19.9. The molecule has 1 aromatic heterocycles. The lowest BCUT2D eigenvalue weighted by molar-refractivity contribution is -0.138. The highest BCUT2D eigenvalue weighted by Gasteiger charge is 2.14. The van der Waals surface area contributed by atoms with Crippen molar-refractivity contribution in [3.05, 3.63) is 12.4 Å². The topological polar surface area (TPSA) is 117 Å². The van der Waals surface area contributed by atoms with Crippen LogP contribution in [0.25, 0.3) is 0 Å². The third kappa shape index (κ3) is 3.55. The molecule has 3 N–H and O–H groups in total. The molecule has 0 fully saturated rings. The van der Waals surface area contributed by atoms with E-state index < -0.39 is 18.0 Å².